The van der Waals surface area contributed by atoms with E-state index in [2.05, 4.69) is 26.1 Å². The zero-order valence-electron chi connectivity index (χ0n) is 11.9. The van der Waals surface area contributed by atoms with Crippen molar-refractivity contribution in [2.45, 2.75) is 45.6 Å². The van der Waals surface area contributed by atoms with Gasteiger partial charge in [-0.25, -0.2) is 4.79 Å². The summed E-state index contributed by atoms with van der Waals surface area (Å²) in [6.07, 6.45) is 0. The maximum Gasteiger partial charge on any atom is 0.328 e. The maximum absolute atomic E-state index is 11.4. The Bertz CT molecular complexity index is 417. The predicted octanol–water partition coefficient (Wildman–Crippen LogP) is 2.89. The topological polar surface area (TPSA) is 49.3 Å². The van der Waals surface area contributed by atoms with Gasteiger partial charge in [0.05, 0.1) is 0 Å². The first-order valence-corrected chi connectivity index (χ1v) is 6.31. The third kappa shape index (κ3) is 2.91. The highest BCUT2D eigenvalue weighted by atomic mass is 16.4. The Labute approximate surface area is 109 Å². The molecule has 0 spiro atoms. The van der Waals surface area contributed by atoms with E-state index in [-0.39, 0.29) is 5.41 Å². The van der Waals surface area contributed by atoms with E-state index in [0.29, 0.717) is 6.54 Å². The van der Waals surface area contributed by atoms with Crippen molar-refractivity contribution in [2.24, 2.45) is 0 Å². The molecule has 1 rings (SSSR count). The van der Waals surface area contributed by atoms with Crippen LogP contribution in [0.15, 0.2) is 24.3 Å². The predicted molar refractivity (Wildman–Crippen MR) is 73.8 cm³/mol. The first kappa shape index (κ1) is 14.7. The lowest BCUT2D eigenvalue weighted by Gasteiger charge is -2.27. The fourth-order valence-corrected chi connectivity index (χ4v) is 1.96. The van der Waals surface area contributed by atoms with Crippen LogP contribution < -0.4 is 5.32 Å². The summed E-state index contributed by atoms with van der Waals surface area (Å²) in [7, 11) is 0. The SMILES string of the molecule is CCNC(C)(C(=O)O)c1ccc(C(C)(C)C)cc1. The summed E-state index contributed by atoms with van der Waals surface area (Å²) in [4.78, 5) is 11.4. The third-order valence-corrected chi connectivity index (χ3v) is 3.29. The molecule has 1 aromatic rings. The van der Waals surface area contributed by atoms with Crippen LogP contribution in [0.5, 0.6) is 0 Å². The minimum absolute atomic E-state index is 0.0797. The van der Waals surface area contributed by atoms with Crippen LogP contribution >= 0.6 is 0 Å². The van der Waals surface area contributed by atoms with Crippen molar-refractivity contribution in [1.82, 2.24) is 5.32 Å². The van der Waals surface area contributed by atoms with Crippen molar-refractivity contribution in [2.75, 3.05) is 6.54 Å². The summed E-state index contributed by atoms with van der Waals surface area (Å²) in [6.45, 7) is 10.6. The van der Waals surface area contributed by atoms with Crippen LogP contribution in [0.25, 0.3) is 0 Å². The normalized spacial score (nSPS) is 15.2. The van der Waals surface area contributed by atoms with Gasteiger partial charge in [-0.05, 0) is 30.0 Å². The number of carboxylic acids is 1. The first-order valence-electron chi connectivity index (χ1n) is 6.31. The number of aliphatic carboxylic acids is 1. The van der Waals surface area contributed by atoms with Crippen LogP contribution in [0.1, 0.15) is 45.7 Å². The molecule has 0 saturated heterocycles. The van der Waals surface area contributed by atoms with E-state index in [0.717, 1.165) is 5.56 Å². The molecule has 1 unspecified atom stereocenters. The van der Waals surface area contributed by atoms with Crippen LogP contribution in [0.2, 0.25) is 0 Å². The number of benzene rings is 1. The minimum Gasteiger partial charge on any atom is -0.480 e. The van der Waals surface area contributed by atoms with Gasteiger partial charge in [0.25, 0.3) is 0 Å². The summed E-state index contributed by atoms with van der Waals surface area (Å²) < 4.78 is 0. The molecule has 3 heteroatoms. The largest absolute Gasteiger partial charge is 0.480 e. The van der Waals surface area contributed by atoms with E-state index < -0.39 is 11.5 Å². The van der Waals surface area contributed by atoms with Gasteiger partial charge in [0, 0.05) is 0 Å². The van der Waals surface area contributed by atoms with Crippen molar-refractivity contribution in [3.8, 4) is 0 Å². The molecule has 1 aromatic carbocycles. The van der Waals surface area contributed by atoms with Gasteiger partial charge in [-0.3, -0.25) is 5.32 Å². The smallest absolute Gasteiger partial charge is 0.328 e. The van der Waals surface area contributed by atoms with Gasteiger partial charge in [-0.1, -0.05) is 52.0 Å². The average Bonchev–Trinajstić information content (AvgIpc) is 2.28. The second-order valence-corrected chi connectivity index (χ2v) is 5.79. The number of likely N-dealkylation sites (N-methyl/N-ethyl adjacent to an activating group) is 1. The van der Waals surface area contributed by atoms with Gasteiger partial charge in [-0.15, -0.1) is 0 Å². The molecule has 0 aliphatic rings. The van der Waals surface area contributed by atoms with E-state index >= 15 is 0 Å². The van der Waals surface area contributed by atoms with Crippen LogP contribution in [-0.4, -0.2) is 17.6 Å². The summed E-state index contributed by atoms with van der Waals surface area (Å²) >= 11 is 0. The number of carbonyl (C=O) groups is 1. The number of carboxylic acid groups (broad SMARTS) is 1. The molecule has 0 saturated carbocycles. The number of hydrogen-bond donors (Lipinski definition) is 2. The number of nitrogens with one attached hydrogen (secondary N) is 1. The van der Waals surface area contributed by atoms with Crippen LogP contribution in [0, 0.1) is 0 Å². The Hall–Kier alpha value is -1.35. The van der Waals surface area contributed by atoms with Crippen molar-refractivity contribution >= 4 is 5.97 Å². The molecule has 0 amide bonds. The quantitative estimate of drug-likeness (QED) is 0.862. The second-order valence-electron chi connectivity index (χ2n) is 5.79. The van der Waals surface area contributed by atoms with E-state index in [1.165, 1.54) is 5.56 Å². The van der Waals surface area contributed by atoms with Gasteiger partial charge in [0.15, 0.2) is 0 Å². The molecule has 0 heterocycles. The van der Waals surface area contributed by atoms with E-state index in [1.54, 1.807) is 6.92 Å². The standard InChI is InChI=1S/C15H23NO2/c1-6-16-15(5,13(17)18)12-9-7-11(8-10-12)14(2,3)4/h7-10,16H,6H2,1-5H3,(H,17,18). The van der Waals surface area contributed by atoms with E-state index in [1.807, 2.05) is 31.2 Å². The van der Waals surface area contributed by atoms with Crippen molar-refractivity contribution in [3.05, 3.63) is 35.4 Å². The minimum atomic E-state index is -1.02. The summed E-state index contributed by atoms with van der Waals surface area (Å²) in [6, 6.07) is 7.82. The molecular weight excluding hydrogens is 226 g/mol. The fourth-order valence-electron chi connectivity index (χ4n) is 1.96. The van der Waals surface area contributed by atoms with Gasteiger partial charge in [0.1, 0.15) is 5.54 Å². The van der Waals surface area contributed by atoms with E-state index in [4.69, 9.17) is 0 Å². The monoisotopic (exact) mass is 249 g/mol. The first-order chi connectivity index (χ1) is 8.21. The second kappa shape index (κ2) is 5.11. The van der Waals surface area contributed by atoms with Gasteiger partial charge < -0.3 is 5.11 Å². The molecule has 18 heavy (non-hydrogen) atoms. The number of rotatable bonds is 4. The number of hydrogen-bond acceptors (Lipinski definition) is 2. The van der Waals surface area contributed by atoms with Crippen molar-refractivity contribution in [3.63, 3.8) is 0 Å². The fraction of sp³-hybridized carbons (Fsp3) is 0.533. The summed E-state index contributed by atoms with van der Waals surface area (Å²) in [5.74, 6) is -0.854. The molecular formula is C15H23NO2. The average molecular weight is 249 g/mol. The molecule has 0 radical (unpaired) electrons. The molecule has 0 aliphatic heterocycles. The molecule has 3 nitrogen and oxygen atoms in total. The van der Waals surface area contributed by atoms with Crippen molar-refractivity contribution < 1.29 is 9.90 Å². The lowest BCUT2D eigenvalue weighted by molar-refractivity contribution is -0.144. The Morgan fingerprint density at radius 1 is 1.11 bits per heavy atom. The van der Waals surface area contributed by atoms with Crippen molar-refractivity contribution in [1.29, 1.82) is 0 Å². The Kier molecular flexibility index (Phi) is 4.17. The van der Waals surface area contributed by atoms with E-state index in [9.17, 15) is 9.90 Å². The Morgan fingerprint density at radius 3 is 1.89 bits per heavy atom. The van der Waals surface area contributed by atoms with Crippen LogP contribution in [-0.2, 0) is 15.7 Å². The summed E-state index contributed by atoms with van der Waals surface area (Å²) in [5, 5.41) is 12.4. The van der Waals surface area contributed by atoms with Gasteiger partial charge in [0.2, 0.25) is 0 Å². The lowest BCUT2D eigenvalue weighted by atomic mass is 9.84. The molecule has 1 atom stereocenters. The van der Waals surface area contributed by atoms with Crippen LogP contribution in [0.3, 0.4) is 0 Å². The Morgan fingerprint density at radius 2 is 1.56 bits per heavy atom. The molecule has 2 N–H and O–H groups in total. The van der Waals surface area contributed by atoms with Gasteiger partial charge in [-0.2, -0.15) is 0 Å². The lowest BCUT2D eigenvalue weighted by Crippen LogP contribution is -2.46. The maximum atomic E-state index is 11.4. The molecule has 0 aliphatic carbocycles. The molecule has 0 fully saturated rings. The molecule has 100 valence electrons. The zero-order valence-corrected chi connectivity index (χ0v) is 11.9. The zero-order chi connectivity index (χ0) is 14.0. The highest BCUT2D eigenvalue weighted by Crippen LogP contribution is 2.26. The highest BCUT2D eigenvalue weighted by Gasteiger charge is 2.34. The van der Waals surface area contributed by atoms with Gasteiger partial charge >= 0.3 is 5.97 Å². The van der Waals surface area contributed by atoms with Crippen LogP contribution in [0.4, 0.5) is 0 Å². The summed E-state index contributed by atoms with van der Waals surface area (Å²) in [5.41, 5.74) is 1.04. The third-order valence-electron chi connectivity index (χ3n) is 3.29. The highest BCUT2D eigenvalue weighted by molar-refractivity contribution is 5.80. The molecule has 0 bridgehead atoms. The Balaban J connectivity index is 3.13. The molecule has 0 aromatic heterocycles.